The van der Waals surface area contributed by atoms with Crippen LogP contribution in [0.4, 0.5) is 5.69 Å². The Kier molecular flexibility index (Phi) is 6.09. The summed E-state index contributed by atoms with van der Waals surface area (Å²) < 4.78 is 10.5. The monoisotopic (exact) mass is 414 g/mol. The van der Waals surface area contributed by atoms with Crippen molar-refractivity contribution in [1.29, 1.82) is 0 Å². The highest BCUT2D eigenvalue weighted by atomic mass is 32.1. The first-order valence-electron chi connectivity index (χ1n) is 8.87. The van der Waals surface area contributed by atoms with Gasteiger partial charge in [-0.1, -0.05) is 12.1 Å². The van der Waals surface area contributed by atoms with Gasteiger partial charge in [-0.2, -0.15) is 4.98 Å². The number of hydrogen-bond acceptors (Lipinski definition) is 7. The summed E-state index contributed by atoms with van der Waals surface area (Å²) in [6, 6.07) is 5.32. The molecule has 2 aromatic heterocycles. The summed E-state index contributed by atoms with van der Waals surface area (Å²) >= 11 is 1.25. The van der Waals surface area contributed by atoms with Crippen molar-refractivity contribution in [1.82, 2.24) is 15.3 Å². The highest BCUT2D eigenvalue weighted by Gasteiger charge is 2.23. The van der Waals surface area contributed by atoms with Gasteiger partial charge in [-0.3, -0.25) is 9.59 Å². The van der Waals surface area contributed by atoms with Gasteiger partial charge in [0, 0.05) is 14.2 Å². The molecule has 3 aromatic rings. The number of methoxy groups -OCH3 is 2. The Bertz CT molecular complexity index is 1090. The SMILES string of the molecule is CNC(=O)c1c(C)cccc1NC(=O)c1sc2nc(COC)nc(OC)c2c1C. The van der Waals surface area contributed by atoms with E-state index in [9.17, 15) is 9.59 Å². The van der Waals surface area contributed by atoms with Crippen LogP contribution in [0.15, 0.2) is 18.2 Å². The molecule has 0 saturated carbocycles. The second-order valence-electron chi connectivity index (χ2n) is 6.35. The lowest BCUT2D eigenvalue weighted by Crippen LogP contribution is -2.22. The zero-order valence-electron chi connectivity index (χ0n) is 16.9. The average Bonchev–Trinajstić information content (AvgIpc) is 3.04. The number of ether oxygens (including phenoxy) is 2. The lowest BCUT2D eigenvalue weighted by atomic mass is 10.1. The van der Waals surface area contributed by atoms with Crippen LogP contribution >= 0.6 is 11.3 Å². The molecule has 3 rings (SSSR count). The van der Waals surface area contributed by atoms with Crippen molar-refractivity contribution in [3.63, 3.8) is 0 Å². The summed E-state index contributed by atoms with van der Waals surface area (Å²) in [7, 11) is 4.64. The van der Waals surface area contributed by atoms with E-state index >= 15 is 0 Å². The quantitative estimate of drug-likeness (QED) is 0.643. The van der Waals surface area contributed by atoms with E-state index in [0.717, 1.165) is 11.1 Å². The van der Waals surface area contributed by atoms with Gasteiger partial charge in [-0.15, -0.1) is 11.3 Å². The zero-order valence-corrected chi connectivity index (χ0v) is 17.7. The van der Waals surface area contributed by atoms with Crippen molar-refractivity contribution in [3.05, 3.63) is 45.6 Å². The Morgan fingerprint density at radius 2 is 1.90 bits per heavy atom. The van der Waals surface area contributed by atoms with E-state index in [1.807, 2.05) is 19.9 Å². The molecular formula is C20H22N4O4S. The summed E-state index contributed by atoms with van der Waals surface area (Å²) in [6.45, 7) is 3.89. The lowest BCUT2D eigenvalue weighted by Gasteiger charge is -2.12. The van der Waals surface area contributed by atoms with Gasteiger partial charge in [0.1, 0.15) is 11.4 Å². The maximum atomic E-state index is 13.0. The van der Waals surface area contributed by atoms with E-state index in [-0.39, 0.29) is 18.4 Å². The number of aryl methyl sites for hydroxylation is 2. The molecule has 2 amide bonds. The van der Waals surface area contributed by atoms with Crippen LogP contribution in [0, 0.1) is 13.8 Å². The fourth-order valence-corrected chi connectivity index (χ4v) is 4.17. The van der Waals surface area contributed by atoms with Gasteiger partial charge in [-0.25, -0.2) is 4.98 Å². The second-order valence-corrected chi connectivity index (χ2v) is 7.35. The topological polar surface area (TPSA) is 102 Å². The van der Waals surface area contributed by atoms with Crippen LogP contribution < -0.4 is 15.4 Å². The molecule has 0 aliphatic heterocycles. The van der Waals surface area contributed by atoms with E-state index in [4.69, 9.17) is 9.47 Å². The minimum atomic E-state index is -0.323. The number of aromatic nitrogens is 2. The summed E-state index contributed by atoms with van der Waals surface area (Å²) in [4.78, 5) is 35.2. The predicted molar refractivity (Wildman–Crippen MR) is 112 cm³/mol. The predicted octanol–water partition coefficient (Wildman–Crippen LogP) is 3.08. The molecule has 1 aromatic carbocycles. The van der Waals surface area contributed by atoms with Gasteiger partial charge in [-0.05, 0) is 31.0 Å². The third-order valence-corrected chi connectivity index (χ3v) is 5.64. The largest absolute Gasteiger partial charge is 0.480 e. The maximum Gasteiger partial charge on any atom is 0.266 e. The summed E-state index contributed by atoms with van der Waals surface area (Å²) in [5.74, 6) is 0.293. The van der Waals surface area contributed by atoms with Crippen LogP contribution in [-0.4, -0.2) is 43.0 Å². The van der Waals surface area contributed by atoms with Crippen LogP contribution in [0.25, 0.3) is 10.2 Å². The Morgan fingerprint density at radius 1 is 1.14 bits per heavy atom. The van der Waals surface area contributed by atoms with Crippen molar-refractivity contribution < 1.29 is 19.1 Å². The van der Waals surface area contributed by atoms with Gasteiger partial charge in [0.05, 0.1) is 28.6 Å². The van der Waals surface area contributed by atoms with Gasteiger partial charge in [0.2, 0.25) is 5.88 Å². The highest BCUT2D eigenvalue weighted by Crippen LogP contribution is 2.35. The molecule has 8 nitrogen and oxygen atoms in total. The molecule has 2 N–H and O–H groups in total. The number of thiophene rings is 1. The molecule has 0 bridgehead atoms. The molecule has 152 valence electrons. The number of nitrogens with zero attached hydrogens (tertiary/aromatic N) is 2. The normalized spacial score (nSPS) is 10.8. The summed E-state index contributed by atoms with van der Waals surface area (Å²) in [6.07, 6.45) is 0. The van der Waals surface area contributed by atoms with Gasteiger partial charge in [0.15, 0.2) is 5.82 Å². The molecule has 0 spiro atoms. The first kappa shape index (κ1) is 20.7. The Balaban J connectivity index is 2.04. The second kappa shape index (κ2) is 8.54. The number of carbonyl (C=O) groups is 2. The molecule has 0 radical (unpaired) electrons. The fourth-order valence-electron chi connectivity index (χ4n) is 3.08. The first-order valence-corrected chi connectivity index (χ1v) is 9.68. The molecule has 0 atom stereocenters. The number of benzene rings is 1. The van der Waals surface area contributed by atoms with Crippen molar-refractivity contribution in [2.45, 2.75) is 20.5 Å². The Hall–Kier alpha value is -3.04. The van der Waals surface area contributed by atoms with E-state index in [1.54, 1.807) is 26.3 Å². The fraction of sp³-hybridized carbons (Fsp3) is 0.300. The summed E-state index contributed by atoms with van der Waals surface area (Å²) in [5, 5.41) is 6.16. The van der Waals surface area contributed by atoms with Crippen molar-refractivity contribution in [2.24, 2.45) is 0 Å². The summed E-state index contributed by atoms with van der Waals surface area (Å²) in [5.41, 5.74) is 2.37. The molecule has 0 aliphatic rings. The Morgan fingerprint density at radius 3 is 2.55 bits per heavy atom. The van der Waals surface area contributed by atoms with Crippen LogP contribution in [0.3, 0.4) is 0 Å². The minimum Gasteiger partial charge on any atom is -0.480 e. The maximum absolute atomic E-state index is 13.0. The van der Waals surface area contributed by atoms with Crippen LogP contribution in [0.5, 0.6) is 5.88 Å². The number of amides is 2. The lowest BCUT2D eigenvalue weighted by molar-refractivity contribution is 0.0963. The van der Waals surface area contributed by atoms with Gasteiger partial charge in [0.25, 0.3) is 11.8 Å². The third-order valence-electron chi connectivity index (χ3n) is 4.45. The molecule has 9 heteroatoms. The van der Waals surface area contributed by atoms with Crippen LogP contribution in [0.2, 0.25) is 0 Å². The molecule has 0 unspecified atom stereocenters. The van der Waals surface area contributed by atoms with E-state index in [0.29, 0.717) is 38.0 Å². The standard InChI is InChI=1S/C20H22N4O4S/c1-10-7-6-8-12(14(10)17(25)21-3)22-18(26)16-11(2)15-19(28-5)23-13(9-27-4)24-20(15)29-16/h6-8H,9H2,1-5H3,(H,21,25)(H,22,26). The first-order chi connectivity index (χ1) is 13.9. The number of anilines is 1. The van der Waals surface area contributed by atoms with Crippen LogP contribution in [-0.2, 0) is 11.3 Å². The molecule has 29 heavy (non-hydrogen) atoms. The van der Waals surface area contributed by atoms with Gasteiger partial charge < -0.3 is 20.1 Å². The van der Waals surface area contributed by atoms with E-state index < -0.39 is 0 Å². The van der Waals surface area contributed by atoms with Crippen LogP contribution in [0.1, 0.15) is 37.0 Å². The number of fused-ring (bicyclic) bond motifs is 1. The third kappa shape index (κ3) is 3.92. The average molecular weight is 414 g/mol. The number of carbonyl (C=O) groups excluding carboxylic acids is 2. The van der Waals surface area contributed by atoms with E-state index in [1.165, 1.54) is 18.4 Å². The molecular weight excluding hydrogens is 392 g/mol. The van der Waals surface area contributed by atoms with Crippen molar-refractivity contribution >= 4 is 39.1 Å². The molecule has 0 aliphatic carbocycles. The van der Waals surface area contributed by atoms with Crippen molar-refractivity contribution in [2.75, 3.05) is 26.6 Å². The smallest absolute Gasteiger partial charge is 0.266 e. The zero-order chi connectivity index (χ0) is 21.1. The minimum absolute atomic E-state index is 0.240. The molecule has 0 fully saturated rings. The van der Waals surface area contributed by atoms with Crippen molar-refractivity contribution in [3.8, 4) is 5.88 Å². The molecule has 2 heterocycles. The number of hydrogen-bond donors (Lipinski definition) is 2. The highest BCUT2D eigenvalue weighted by molar-refractivity contribution is 7.20. The molecule has 0 saturated heterocycles. The number of rotatable bonds is 6. The number of nitrogens with one attached hydrogen (secondary N) is 2. The Labute approximate surface area is 172 Å². The van der Waals surface area contributed by atoms with Gasteiger partial charge >= 0.3 is 0 Å². The van der Waals surface area contributed by atoms with E-state index in [2.05, 4.69) is 20.6 Å².